The Morgan fingerprint density at radius 3 is 2.04 bits per heavy atom. The second-order valence-electron chi connectivity index (χ2n) is 9.70. The van der Waals surface area contributed by atoms with Crippen molar-refractivity contribution in [3.8, 4) is 0 Å². The third kappa shape index (κ3) is 9.12. The van der Waals surface area contributed by atoms with Gasteiger partial charge in [-0.05, 0) is 61.5 Å². The van der Waals surface area contributed by atoms with Crippen molar-refractivity contribution in [2.75, 3.05) is 0 Å². The van der Waals surface area contributed by atoms with Crippen LogP contribution < -0.4 is 0 Å². The molecule has 0 heterocycles. The van der Waals surface area contributed by atoms with E-state index in [2.05, 4.69) is 38.1 Å². The van der Waals surface area contributed by atoms with Crippen LogP contribution in [-0.4, -0.2) is 11.2 Å². The zero-order chi connectivity index (χ0) is 20.2. The molecule has 1 aliphatic rings. The van der Waals surface area contributed by atoms with Gasteiger partial charge in [0, 0.05) is 0 Å². The molecule has 1 aromatic carbocycles. The first-order valence-corrected chi connectivity index (χ1v) is 12.3. The molecule has 0 aromatic heterocycles. The molecule has 1 aromatic rings. The summed E-state index contributed by atoms with van der Waals surface area (Å²) in [6.07, 6.45) is 19.0. The van der Waals surface area contributed by atoms with E-state index >= 15 is 0 Å². The Labute approximate surface area is 175 Å². The van der Waals surface area contributed by atoms with Gasteiger partial charge >= 0.3 is 0 Å². The van der Waals surface area contributed by atoms with E-state index in [0.29, 0.717) is 5.92 Å². The molecule has 0 aliphatic heterocycles. The van der Waals surface area contributed by atoms with Gasteiger partial charge in [-0.25, -0.2) is 0 Å². The lowest BCUT2D eigenvalue weighted by Gasteiger charge is -2.28. The van der Waals surface area contributed by atoms with Crippen LogP contribution in [0.3, 0.4) is 0 Å². The summed E-state index contributed by atoms with van der Waals surface area (Å²) in [4.78, 5) is 0. The number of aliphatic hydroxyl groups is 1. The van der Waals surface area contributed by atoms with Crippen molar-refractivity contribution in [1.82, 2.24) is 0 Å². The molecule has 2 unspecified atom stereocenters. The zero-order valence-electron chi connectivity index (χ0n) is 19.0. The Morgan fingerprint density at radius 2 is 1.43 bits per heavy atom. The van der Waals surface area contributed by atoms with Gasteiger partial charge in [-0.15, -0.1) is 0 Å². The summed E-state index contributed by atoms with van der Waals surface area (Å²) < 4.78 is 0. The zero-order valence-corrected chi connectivity index (χ0v) is 19.0. The molecular weight excluding hydrogens is 340 g/mol. The van der Waals surface area contributed by atoms with Gasteiger partial charge in [-0.1, -0.05) is 102 Å². The first-order valence-electron chi connectivity index (χ1n) is 12.3. The topological polar surface area (TPSA) is 20.2 Å². The van der Waals surface area contributed by atoms with E-state index in [4.69, 9.17) is 0 Å². The number of aryl methyl sites for hydroxylation is 1. The van der Waals surface area contributed by atoms with Crippen LogP contribution >= 0.6 is 0 Å². The highest BCUT2D eigenvalue weighted by Gasteiger charge is 2.20. The van der Waals surface area contributed by atoms with Crippen LogP contribution in [0.5, 0.6) is 0 Å². The summed E-state index contributed by atoms with van der Waals surface area (Å²) in [5.41, 5.74) is 2.92. The van der Waals surface area contributed by atoms with Crippen LogP contribution in [0.2, 0.25) is 0 Å². The van der Waals surface area contributed by atoms with Gasteiger partial charge in [0.25, 0.3) is 0 Å². The molecular formula is C27H46O. The van der Waals surface area contributed by atoms with E-state index in [-0.39, 0.29) is 6.10 Å². The first kappa shape index (κ1) is 23.5. The van der Waals surface area contributed by atoms with Gasteiger partial charge in [0.2, 0.25) is 0 Å². The van der Waals surface area contributed by atoms with Crippen LogP contribution in [0.25, 0.3) is 0 Å². The minimum Gasteiger partial charge on any atom is -0.393 e. The fourth-order valence-corrected chi connectivity index (χ4v) is 4.89. The Hall–Kier alpha value is -0.820. The Balaban J connectivity index is 1.61. The lowest BCUT2D eigenvalue weighted by Crippen LogP contribution is -2.15. The third-order valence-electron chi connectivity index (χ3n) is 7.09. The summed E-state index contributed by atoms with van der Waals surface area (Å²) in [7, 11) is 0. The van der Waals surface area contributed by atoms with Crippen molar-refractivity contribution < 1.29 is 5.11 Å². The number of aliphatic hydroxyl groups excluding tert-OH is 1. The standard InChI is InChI=1S/C27H46O/c1-4-5-6-7-8-9-24-12-14-25(15-13-24)16-17-26-18-20-27(21-19-26)22(2)10-11-23(3)28/h18-25,28H,4-17H2,1-3H3. The molecule has 1 fully saturated rings. The molecule has 0 radical (unpaired) electrons. The molecule has 0 spiro atoms. The normalized spacial score (nSPS) is 22.1. The third-order valence-corrected chi connectivity index (χ3v) is 7.09. The molecule has 1 aliphatic carbocycles. The van der Waals surface area contributed by atoms with Crippen LogP contribution in [0.4, 0.5) is 0 Å². The van der Waals surface area contributed by atoms with Crippen LogP contribution in [0, 0.1) is 11.8 Å². The van der Waals surface area contributed by atoms with Gasteiger partial charge in [0.05, 0.1) is 6.10 Å². The molecule has 0 bridgehead atoms. The van der Waals surface area contributed by atoms with E-state index in [1.807, 2.05) is 6.92 Å². The Kier molecular flexibility index (Phi) is 11.2. The van der Waals surface area contributed by atoms with E-state index in [0.717, 1.165) is 24.7 Å². The highest BCUT2D eigenvalue weighted by Crippen LogP contribution is 2.34. The summed E-state index contributed by atoms with van der Waals surface area (Å²) >= 11 is 0. The maximum atomic E-state index is 9.48. The predicted molar refractivity (Wildman–Crippen MR) is 123 cm³/mol. The Morgan fingerprint density at radius 1 is 0.821 bits per heavy atom. The average molecular weight is 387 g/mol. The molecule has 1 N–H and O–H groups in total. The van der Waals surface area contributed by atoms with Crippen LogP contribution in [0.15, 0.2) is 24.3 Å². The molecule has 28 heavy (non-hydrogen) atoms. The molecule has 0 amide bonds. The molecule has 1 heteroatoms. The van der Waals surface area contributed by atoms with Crippen molar-refractivity contribution in [3.63, 3.8) is 0 Å². The van der Waals surface area contributed by atoms with E-state index in [1.165, 1.54) is 88.2 Å². The molecule has 160 valence electrons. The fourth-order valence-electron chi connectivity index (χ4n) is 4.89. The SMILES string of the molecule is CCCCCCCC1CCC(CCc2ccc(C(C)CCC(C)O)cc2)CC1. The van der Waals surface area contributed by atoms with Crippen LogP contribution in [0.1, 0.15) is 121 Å². The Bertz CT molecular complexity index is 495. The summed E-state index contributed by atoms with van der Waals surface area (Å²) in [6, 6.07) is 9.32. The minimum absolute atomic E-state index is 0.183. The van der Waals surface area contributed by atoms with Gasteiger partial charge in [-0.2, -0.15) is 0 Å². The number of rotatable bonds is 13. The number of hydrogen-bond acceptors (Lipinski definition) is 1. The molecule has 0 saturated heterocycles. The second kappa shape index (κ2) is 13.4. The maximum absolute atomic E-state index is 9.48. The maximum Gasteiger partial charge on any atom is 0.0512 e. The highest BCUT2D eigenvalue weighted by atomic mass is 16.3. The monoisotopic (exact) mass is 386 g/mol. The van der Waals surface area contributed by atoms with Gasteiger partial charge in [-0.3, -0.25) is 0 Å². The summed E-state index contributed by atoms with van der Waals surface area (Å²) in [6.45, 7) is 6.46. The van der Waals surface area contributed by atoms with Crippen molar-refractivity contribution in [3.05, 3.63) is 35.4 Å². The van der Waals surface area contributed by atoms with Crippen molar-refractivity contribution in [2.45, 2.75) is 123 Å². The lowest BCUT2D eigenvalue weighted by molar-refractivity contribution is 0.179. The lowest BCUT2D eigenvalue weighted by atomic mass is 9.77. The van der Waals surface area contributed by atoms with Gasteiger partial charge < -0.3 is 5.11 Å². The number of hydrogen-bond donors (Lipinski definition) is 1. The highest BCUT2D eigenvalue weighted by molar-refractivity contribution is 5.25. The molecule has 1 saturated carbocycles. The predicted octanol–water partition coefficient (Wildman–Crippen LogP) is 8.05. The van der Waals surface area contributed by atoms with Crippen molar-refractivity contribution in [1.29, 1.82) is 0 Å². The summed E-state index contributed by atoms with van der Waals surface area (Å²) in [5.74, 6) is 2.53. The minimum atomic E-state index is -0.183. The van der Waals surface area contributed by atoms with E-state index in [9.17, 15) is 5.11 Å². The summed E-state index contributed by atoms with van der Waals surface area (Å²) in [5, 5.41) is 9.48. The van der Waals surface area contributed by atoms with E-state index < -0.39 is 0 Å². The molecule has 1 nitrogen and oxygen atoms in total. The first-order chi connectivity index (χ1) is 13.6. The molecule has 2 rings (SSSR count). The second-order valence-corrected chi connectivity index (χ2v) is 9.70. The van der Waals surface area contributed by atoms with Gasteiger partial charge in [0.1, 0.15) is 0 Å². The van der Waals surface area contributed by atoms with Crippen LogP contribution in [-0.2, 0) is 6.42 Å². The van der Waals surface area contributed by atoms with Crippen molar-refractivity contribution in [2.24, 2.45) is 11.8 Å². The smallest absolute Gasteiger partial charge is 0.0512 e. The average Bonchev–Trinajstić information content (AvgIpc) is 2.71. The van der Waals surface area contributed by atoms with E-state index in [1.54, 1.807) is 0 Å². The van der Waals surface area contributed by atoms with Crippen molar-refractivity contribution >= 4 is 0 Å². The van der Waals surface area contributed by atoms with Gasteiger partial charge in [0.15, 0.2) is 0 Å². The largest absolute Gasteiger partial charge is 0.393 e. The quantitative estimate of drug-likeness (QED) is 0.340. The number of benzene rings is 1. The fraction of sp³-hybridized carbons (Fsp3) is 0.778. The molecule has 2 atom stereocenters. The number of unbranched alkanes of at least 4 members (excludes halogenated alkanes) is 4.